The van der Waals surface area contributed by atoms with E-state index in [4.69, 9.17) is 4.74 Å². The second kappa shape index (κ2) is 2.48. The zero-order valence-corrected chi connectivity index (χ0v) is 7.80. The van der Waals surface area contributed by atoms with Crippen LogP contribution in [0.25, 0.3) is 0 Å². The molecule has 0 radical (unpaired) electrons. The van der Waals surface area contributed by atoms with Crippen LogP contribution in [0.4, 0.5) is 0 Å². The third kappa shape index (κ3) is 0.900. The van der Waals surface area contributed by atoms with Crippen molar-refractivity contribution in [2.24, 2.45) is 17.3 Å². The first kappa shape index (κ1) is 8.09. The van der Waals surface area contributed by atoms with Crippen LogP contribution in [-0.2, 0) is 9.53 Å². The van der Waals surface area contributed by atoms with E-state index < -0.39 is 0 Å². The normalized spacial score (nSPS) is 44.8. The monoisotopic (exact) mass is 168 g/mol. The predicted molar refractivity (Wildman–Crippen MR) is 45.6 cm³/mol. The highest BCUT2D eigenvalue weighted by molar-refractivity contribution is 5.77. The first-order valence-electron chi connectivity index (χ1n) is 4.75. The quantitative estimate of drug-likeness (QED) is 0.560. The minimum Gasteiger partial charge on any atom is -0.469 e. The molecule has 0 heterocycles. The zero-order chi connectivity index (χ0) is 8.77. The molecule has 0 aromatic heterocycles. The number of fused-ring (bicyclic) bond motifs is 2. The number of carbonyl (C=O) groups excluding carboxylic acids is 1. The molecule has 0 saturated heterocycles. The molecule has 2 heteroatoms. The highest BCUT2D eigenvalue weighted by Gasteiger charge is 2.52. The van der Waals surface area contributed by atoms with Crippen molar-refractivity contribution >= 4 is 5.97 Å². The van der Waals surface area contributed by atoms with E-state index in [0.717, 1.165) is 12.3 Å². The first-order valence-corrected chi connectivity index (χ1v) is 4.75. The first-order chi connectivity index (χ1) is 5.66. The second-order valence-electron chi connectivity index (χ2n) is 4.49. The van der Waals surface area contributed by atoms with E-state index in [2.05, 4.69) is 6.92 Å². The lowest BCUT2D eigenvalue weighted by molar-refractivity contribution is -0.154. The van der Waals surface area contributed by atoms with Gasteiger partial charge in [-0.15, -0.1) is 0 Å². The standard InChI is InChI=1S/C10H16O2/c1-10(9(11)12-2)6-7-3-4-8(10)5-7/h7-8H,3-6H2,1-2H3/t7-,8+,10+/m1/s1. The molecule has 2 rings (SSSR count). The van der Waals surface area contributed by atoms with Gasteiger partial charge < -0.3 is 4.74 Å². The summed E-state index contributed by atoms with van der Waals surface area (Å²) in [7, 11) is 1.50. The molecular weight excluding hydrogens is 152 g/mol. The molecule has 2 bridgehead atoms. The maximum Gasteiger partial charge on any atom is 0.311 e. The molecule has 12 heavy (non-hydrogen) atoms. The van der Waals surface area contributed by atoms with Crippen LogP contribution in [0.3, 0.4) is 0 Å². The van der Waals surface area contributed by atoms with Crippen molar-refractivity contribution in [2.75, 3.05) is 7.11 Å². The number of rotatable bonds is 1. The summed E-state index contributed by atoms with van der Waals surface area (Å²) >= 11 is 0. The van der Waals surface area contributed by atoms with Gasteiger partial charge in [0, 0.05) is 0 Å². The van der Waals surface area contributed by atoms with Crippen LogP contribution >= 0.6 is 0 Å². The number of hydrogen-bond acceptors (Lipinski definition) is 2. The Bertz CT molecular complexity index is 212. The Kier molecular flexibility index (Phi) is 1.67. The van der Waals surface area contributed by atoms with E-state index in [-0.39, 0.29) is 11.4 Å². The molecule has 0 N–H and O–H groups in total. The third-order valence-corrected chi connectivity index (χ3v) is 3.81. The fraction of sp³-hybridized carbons (Fsp3) is 0.900. The summed E-state index contributed by atoms with van der Waals surface area (Å²) in [4.78, 5) is 11.5. The van der Waals surface area contributed by atoms with Crippen molar-refractivity contribution in [3.05, 3.63) is 0 Å². The Morgan fingerprint density at radius 2 is 2.25 bits per heavy atom. The maximum absolute atomic E-state index is 11.5. The van der Waals surface area contributed by atoms with E-state index in [9.17, 15) is 4.79 Å². The molecule has 0 aromatic rings. The fourth-order valence-corrected chi connectivity index (χ4v) is 3.09. The molecule has 2 aliphatic rings. The van der Waals surface area contributed by atoms with E-state index in [1.807, 2.05) is 0 Å². The van der Waals surface area contributed by atoms with Gasteiger partial charge in [0.1, 0.15) is 0 Å². The Balaban J connectivity index is 2.17. The molecule has 2 saturated carbocycles. The summed E-state index contributed by atoms with van der Waals surface area (Å²) in [6, 6.07) is 0. The van der Waals surface area contributed by atoms with Gasteiger partial charge in [0.25, 0.3) is 0 Å². The van der Waals surface area contributed by atoms with Gasteiger partial charge in [-0.25, -0.2) is 0 Å². The van der Waals surface area contributed by atoms with Crippen LogP contribution < -0.4 is 0 Å². The summed E-state index contributed by atoms with van der Waals surface area (Å²) in [5.74, 6) is 1.42. The van der Waals surface area contributed by atoms with Gasteiger partial charge in [-0.1, -0.05) is 6.42 Å². The van der Waals surface area contributed by atoms with Crippen molar-refractivity contribution in [2.45, 2.75) is 32.6 Å². The number of hydrogen-bond donors (Lipinski definition) is 0. The predicted octanol–water partition coefficient (Wildman–Crippen LogP) is 1.99. The van der Waals surface area contributed by atoms with E-state index in [0.29, 0.717) is 5.92 Å². The second-order valence-corrected chi connectivity index (χ2v) is 4.49. The minimum absolute atomic E-state index is 0.00898. The molecule has 68 valence electrons. The SMILES string of the molecule is COC(=O)[C@@]1(C)C[C@@H]2CC[C@H]1C2. The van der Waals surface area contributed by atoms with Crippen LogP contribution in [0.2, 0.25) is 0 Å². The van der Waals surface area contributed by atoms with Gasteiger partial charge in [0.15, 0.2) is 0 Å². The molecule has 2 aliphatic carbocycles. The maximum atomic E-state index is 11.5. The highest BCUT2D eigenvalue weighted by Crippen LogP contribution is 2.56. The summed E-state index contributed by atoms with van der Waals surface area (Å²) in [5, 5.41) is 0. The molecule has 0 amide bonds. The summed E-state index contributed by atoms with van der Waals surface area (Å²) in [6.45, 7) is 2.07. The number of esters is 1. The van der Waals surface area contributed by atoms with Crippen molar-refractivity contribution in [3.63, 3.8) is 0 Å². The van der Waals surface area contributed by atoms with Gasteiger partial charge in [0.2, 0.25) is 0 Å². The highest BCUT2D eigenvalue weighted by atomic mass is 16.5. The molecule has 3 atom stereocenters. The van der Waals surface area contributed by atoms with Crippen LogP contribution in [0.1, 0.15) is 32.6 Å². The van der Waals surface area contributed by atoms with Gasteiger partial charge in [-0.3, -0.25) is 4.79 Å². The van der Waals surface area contributed by atoms with Gasteiger partial charge in [0.05, 0.1) is 12.5 Å². The molecule has 0 aliphatic heterocycles. The molecule has 2 fully saturated rings. The van der Waals surface area contributed by atoms with Gasteiger partial charge in [-0.2, -0.15) is 0 Å². The zero-order valence-electron chi connectivity index (χ0n) is 7.80. The Labute approximate surface area is 73.3 Å². The summed E-state index contributed by atoms with van der Waals surface area (Å²) in [5.41, 5.74) is -0.141. The summed E-state index contributed by atoms with van der Waals surface area (Å²) < 4.78 is 4.85. The number of ether oxygens (including phenoxy) is 1. The molecule has 2 nitrogen and oxygen atoms in total. The number of methoxy groups -OCH3 is 1. The molecule has 0 aromatic carbocycles. The lowest BCUT2D eigenvalue weighted by Gasteiger charge is -2.30. The molecule has 0 spiro atoms. The van der Waals surface area contributed by atoms with E-state index in [1.165, 1.54) is 26.4 Å². The van der Waals surface area contributed by atoms with Crippen LogP contribution in [0, 0.1) is 17.3 Å². The lowest BCUT2D eigenvalue weighted by atomic mass is 9.75. The molecular formula is C10H16O2. The average Bonchev–Trinajstić information content (AvgIpc) is 2.62. The van der Waals surface area contributed by atoms with Crippen molar-refractivity contribution in [1.82, 2.24) is 0 Å². The van der Waals surface area contributed by atoms with E-state index >= 15 is 0 Å². The topological polar surface area (TPSA) is 26.3 Å². The number of carbonyl (C=O) groups is 1. The minimum atomic E-state index is -0.141. The van der Waals surface area contributed by atoms with Gasteiger partial charge in [-0.05, 0) is 38.0 Å². The van der Waals surface area contributed by atoms with Crippen LogP contribution in [0.5, 0.6) is 0 Å². The smallest absolute Gasteiger partial charge is 0.311 e. The van der Waals surface area contributed by atoms with Crippen molar-refractivity contribution in [3.8, 4) is 0 Å². The van der Waals surface area contributed by atoms with Crippen molar-refractivity contribution in [1.29, 1.82) is 0 Å². The lowest BCUT2D eigenvalue weighted by Crippen LogP contribution is -2.34. The Hall–Kier alpha value is -0.530. The summed E-state index contributed by atoms with van der Waals surface area (Å²) in [6.07, 6.45) is 4.88. The Morgan fingerprint density at radius 1 is 1.50 bits per heavy atom. The van der Waals surface area contributed by atoms with Gasteiger partial charge >= 0.3 is 5.97 Å². The Morgan fingerprint density at radius 3 is 2.67 bits per heavy atom. The van der Waals surface area contributed by atoms with Crippen LogP contribution in [-0.4, -0.2) is 13.1 Å². The largest absolute Gasteiger partial charge is 0.469 e. The third-order valence-electron chi connectivity index (χ3n) is 3.81. The average molecular weight is 168 g/mol. The van der Waals surface area contributed by atoms with E-state index in [1.54, 1.807) is 0 Å². The fourth-order valence-electron chi connectivity index (χ4n) is 3.09. The molecule has 0 unspecified atom stereocenters. The van der Waals surface area contributed by atoms with Crippen LogP contribution in [0.15, 0.2) is 0 Å². The van der Waals surface area contributed by atoms with Crippen molar-refractivity contribution < 1.29 is 9.53 Å².